The zero-order valence-corrected chi connectivity index (χ0v) is 21.4. The van der Waals surface area contributed by atoms with E-state index in [9.17, 15) is 13.2 Å². The lowest BCUT2D eigenvalue weighted by Crippen LogP contribution is -2.30. The van der Waals surface area contributed by atoms with Crippen LogP contribution in [0.4, 0.5) is 5.82 Å². The van der Waals surface area contributed by atoms with Crippen LogP contribution in [0.2, 0.25) is 0 Å². The zero-order chi connectivity index (χ0) is 24.6. The number of aromatic nitrogens is 3. The highest BCUT2D eigenvalue weighted by Gasteiger charge is 2.22. The normalized spacial score (nSPS) is 11.9. The second-order valence-corrected chi connectivity index (χ2v) is 11.0. The molecule has 2 heterocycles. The largest absolute Gasteiger partial charge is 0.306 e. The molecule has 0 saturated heterocycles. The Kier molecular flexibility index (Phi) is 6.57. The van der Waals surface area contributed by atoms with Crippen molar-refractivity contribution in [3.05, 3.63) is 64.8 Å². The van der Waals surface area contributed by atoms with Crippen LogP contribution in [0.3, 0.4) is 0 Å². The molecule has 1 amide bonds. The molecule has 10 heteroatoms. The van der Waals surface area contributed by atoms with Gasteiger partial charge in [0, 0.05) is 24.7 Å². The van der Waals surface area contributed by atoms with Crippen LogP contribution in [0, 0.1) is 20.8 Å². The van der Waals surface area contributed by atoms with Gasteiger partial charge in [-0.05, 0) is 62.2 Å². The number of nitrogens with zero attached hydrogens (tertiary/aromatic N) is 4. The predicted molar refractivity (Wildman–Crippen MR) is 135 cm³/mol. The van der Waals surface area contributed by atoms with Gasteiger partial charge in [0.15, 0.2) is 0 Å². The first-order valence-corrected chi connectivity index (χ1v) is 13.3. The van der Waals surface area contributed by atoms with E-state index in [0.29, 0.717) is 29.6 Å². The lowest BCUT2D eigenvalue weighted by Gasteiger charge is -2.18. The van der Waals surface area contributed by atoms with Gasteiger partial charge in [-0.2, -0.15) is 14.1 Å². The minimum absolute atomic E-state index is 0.161. The maximum Gasteiger partial charge on any atom is 0.256 e. The van der Waals surface area contributed by atoms with Crippen LogP contribution < -0.4 is 5.32 Å². The van der Waals surface area contributed by atoms with Crippen LogP contribution >= 0.6 is 11.3 Å². The number of rotatable bonds is 7. The summed E-state index contributed by atoms with van der Waals surface area (Å²) in [4.78, 5) is 17.9. The first-order chi connectivity index (χ1) is 16.1. The molecule has 0 radical (unpaired) electrons. The number of fused-ring (bicyclic) bond motifs is 1. The Bertz CT molecular complexity index is 1470. The molecular weight excluding hydrogens is 470 g/mol. The Balaban J connectivity index is 1.61. The van der Waals surface area contributed by atoms with E-state index in [1.165, 1.54) is 39.9 Å². The molecule has 8 nitrogen and oxygen atoms in total. The van der Waals surface area contributed by atoms with Gasteiger partial charge in [-0.25, -0.2) is 13.4 Å². The summed E-state index contributed by atoms with van der Waals surface area (Å²) in [5, 5.41) is 8.07. The molecule has 0 aliphatic carbocycles. The molecule has 0 saturated carbocycles. The number of sulfonamides is 1. The molecule has 1 N–H and O–H groups in total. The summed E-state index contributed by atoms with van der Waals surface area (Å²) in [6.45, 7) is 10.3. The number of anilines is 1. The lowest BCUT2D eigenvalue weighted by atomic mass is 10.1. The first-order valence-electron chi connectivity index (χ1n) is 11.0. The Morgan fingerprint density at radius 1 is 1.06 bits per heavy atom. The van der Waals surface area contributed by atoms with Crippen LogP contribution in [-0.4, -0.2) is 46.5 Å². The Hall–Kier alpha value is -3.08. The van der Waals surface area contributed by atoms with Crippen molar-refractivity contribution in [2.75, 3.05) is 18.4 Å². The molecule has 178 valence electrons. The number of carbonyl (C=O) groups excluding carboxylic acids is 1. The minimum Gasteiger partial charge on any atom is -0.306 e. The van der Waals surface area contributed by atoms with Crippen LogP contribution in [-0.2, 0) is 10.0 Å². The molecule has 2 aromatic heterocycles. The van der Waals surface area contributed by atoms with E-state index in [2.05, 4.69) is 22.5 Å². The number of hydrogen-bond acceptors (Lipinski definition) is 6. The number of benzene rings is 2. The maximum atomic E-state index is 13.0. The number of thiazole rings is 1. The first kappa shape index (κ1) is 24.1. The highest BCUT2D eigenvalue weighted by Crippen LogP contribution is 2.30. The fourth-order valence-corrected chi connectivity index (χ4v) is 6.43. The lowest BCUT2D eigenvalue weighted by molar-refractivity contribution is 0.102. The van der Waals surface area contributed by atoms with Crippen molar-refractivity contribution in [3.8, 4) is 5.13 Å². The van der Waals surface area contributed by atoms with Crippen LogP contribution in [0.15, 0.2) is 47.4 Å². The highest BCUT2D eigenvalue weighted by atomic mass is 32.2. The third kappa shape index (κ3) is 4.48. The fourth-order valence-electron chi connectivity index (χ4n) is 3.86. The van der Waals surface area contributed by atoms with Gasteiger partial charge >= 0.3 is 0 Å². The van der Waals surface area contributed by atoms with Gasteiger partial charge in [-0.1, -0.05) is 31.3 Å². The third-order valence-corrected chi connectivity index (χ3v) is 8.57. The topological polar surface area (TPSA) is 97.2 Å². The van der Waals surface area contributed by atoms with Gasteiger partial charge in [0.25, 0.3) is 5.91 Å². The van der Waals surface area contributed by atoms with Gasteiger partial charge in [0.05, 0.1) is 20.8 Å². The van der Waals surface area contributed by atoms with Crippen molar-refractivity contribution >= 4 is 43.3 Å². The third-order valence-electron chi connectivity index (χ3n) is 5.53. The van der Waals surface area contributed by atoms with E-state index in [1.54, 1.807) is 24.6 Å². The fraction of sp³-hybridized carbons (Fsp3) is 0.292. The SMILES string of the molecule is CCN(CC)S(=O)(=O)c1ccc(C(=O)Nc2cc(C)nn2-c2nc3c(C)cc(C)cc3s2)cc1. The van der Waals surface area contributed by atoms with Crippen molar-refractivity contribution in [1.29, 1.82) is 0 Å². The van der Waals surface area contributed by atoms with Crippen molar-refractivity contribution < 1.29 is 13.2 Å². The summed E-state index contributed by atoms with van der Waals surface area (Å²) in [7, 11) is -3.58. The molecule has 4 aromatic rings. The summed E-state index contributed by atoms with van der Waals surface area (Å²) in [5.41, 5.74) is 4.26. The molecule has 4 rings (SSSR count). The van der Waals surface area contributed by atoms with Crippen molar-refractivity contribution in [3.63, 3.8) is 0 Å². The Morgan fingerprint density at radius 2 is 1.74 bits per heavy atom. The van der Waals surface area contributed by atoms with E-state index < -0.39 is 10.0 Å². The zero-order valence-electron chi connectivity index (χ0n) is 19.8. The monoisotopic (exact) mass is 497 g/mol. The van der Waals surface area contributed by atoms with Crippen LogP contribution in [0.5, 0.6) is 0 Å². The highest BCUT2D eigenvalue weighted by molar-refractivity contribution is 7.89. The Morgan fingerprint density at radius 3 is 2.38 bits per heavy atom. The molecule has 0 atom stereocenters. The smallest absolute Gasteiger partial charge is 0.256 e. The Labute approximate surface area is 203 Å². The van der Waals surface area contributed by atoms with Gasteiger partial charge < -0.3 is 5.32 Å². The van der Waals surface area contributed by atoms with Crippen molar-refractivity contribution in [2.45, 2.75) is 39.5 Å². The number of aryl methyl sites for hydroxylation is 3. The molecule has 0 aliphatic rings. The van der Waals surface area contributed by atoms with Crippen molar-refractivity contribution in [2.24, 2.45) is 0 Å². The minimum atomic E-state index is -3.58. The maximum absolute atomic E-state index is 13.0. The second-order valence-electron chi connectivity index (χ2n) is 8.08. The molecule has 0 spiro atoms. The molecule has 0 bridgehead atoms. The molecular formula is C24H27N5O3S2. The summed E-state index contributed by atoms with van der Waals surface area (Å²) in [6, 6.07) is 11.9. The van der Waals surface area contributed by atoms with Crippen LogP contribution in [0.25, 0.3) is 15.3 Å². The van der Waals surface area contributed by atoms with Crippen molar-refractivity contribution in [1.82, 2.24) is 19.1 Å². The van der Waals surface area contributed by atoms with E-state index in [1.807, 2.05) is 20.8 Å². The molecule has 0 aliphatic heterocycles. The van der Waals surface area contributed by atoms with E-state index >= 15 is 0 Å². The molecule has 34 heavy (non-hydrogen) atoms. The van der Waals surface area contributed by atoms with Gasteiger partial charge in [0.2, 0.25) is 15.2 Å². The van der Waals surface area contributed by atoms with E-state index in [-0.39, 0.29) is 10.8 Å². The average Bonchev–Trinajstić information content (AvgIpc) is 3.37. The number of amides is 1. The van der Waals surface area contributed by atoms with Gasteiger partial charge in [-0.3, -0.25) is 4.79 Å². The second kappa shape index (κ2) is 9.28. The van der Waals surface area contributed by atoms with E-state index in [0.717, 1.165) is 27.0 Å². The molecule has 2 aromatic carbocycles. The number of nitrogens with one attached hydrogen (secondary N) is 1. The molecule has 0 unspecified atom stereocenters. The average molecular weight is 498 g/mol. The van der Waals surface area contributed by atoms with Gasteiger partial charge in [0.1, 0.15) is 5.82 Å². The summed E-state index contributed by atoms with van der Waals surface area (Å²) in [5.74, 6) is 0.136. The van der Waals surface area contributed by atoms with E-state index in [4.69, 9.17) is 4.98 Å². The quantitative estimate of drug-likeness (QED) is 0.400. The number of hydrogen-bond donors (Lipinski definition) is 1. The number of carbonyl (C=O) groups is 1. The summed E-state index contributed by atoms with van der Waals surface area (Å²) in [6.07, 6.45) is 0. The van der Waals surface area contributed by atoms with Gasteiger partial charge in [-0.15, -0.1) is 0 Å². The van der Waals surface area contributed by atoms with Crippen LogP contribution in [0.1, 0.15) is 41.0 Å². The molecule has 0 fully saturated rings. The predicted octanol–water partition coefficient (Wildman–Crippen LogP) is 4.69. The summed E-state index contributed by atoms with van der Waals surface area (Å²) >= 11 is 1.51. The summed E-state index contributed by atoms with van der Waals surface area (Å²) < 4.78 is 29.5. The standard InChI is InChI=1S/C24H27N5O3S2/c1-6-28(7-2)34(31,32)19-10-8-18(9-11-19)23(30)25-21-14-17(5)27-29(21)24-26-22-16(4)12-15(3)13-20(22)33-24/h8-14H,6-7H2,1-5H3,(H,25,30).